The lowest BCUT2D eigenvalue weighted by Gasteiger charge is -2.31. The Bertz CT molecular complexity index is 711. The molecule has 1 aromatic carbocycles. The minimum absolute atomic E-state index is 0.0361. The zero-order chi connectivity index (χ0) is 17.8. The molecule has 1 fully saturated rings. The van der Waals surface area contributed by atoms with Crippen LogP contribution in [0.15, 0.2) is 28.8 Å². The number of ether oxygens (including phenoxy) is 1. The van der Waals surface area contributed by atoms with Crippen LogP contribution in [0.2, 0.25) is 0 Å². The van der Waals surface area contributed by atoms with Gasteiger partial charge in [-0.25, -0.2) is 0 Å². The first-order chi connectivity index (χ1) is 12.1. The van der Waals surface area contributed by atoms with Crippen LogP contribution in [0.1, 0.15) is 67.0 Å². The average Bonchev–Trinajstić information content (AvgIpc) is 3.17. The number of nitrogens with zero attached hydrogens (tertiary/aromatic N) is 3. The van der Waals surface area contributed by atoms with Crippen molar-refractivity contribution in [1.29, 1.82) is 0 Å². The SMILES string of the molecule is CCC(C)c1noc(C2CCCN(C(=O)c3ccc(OC)cc3)C2)n1. The van der Waals surface area contributed by atoms with Crippen molar-refractivity contribution in [3.05, 3.63) is 41.5 Å². The van der Waals surface area contributed by atoms with Crippen molar-refractivity contribution in [1.82, 2.24) is 15.0 Å². The Labute approximate surface area is 148 Å². The van der Waals surface area contributed by atoms with Crippen LogP contribution in [0.4, 0.5) is 0 Å². The number of hydrogen-bond acceptors (Lipinski definition) is 5. The van der Waals surface area contributed by atoms with Gasteiger partial charge in [-0.15, -0.1) is 0 Å². The standard InChI is InChI=1S/C19H25N3O3/c1-4-13(2)17-20-18(25-21-17)15-6-5-11-22(12-15)19(23)14-7-9-16(24-3)10-8-14/h7-10,13,15H,4-6,11-12H2,1-3H3. The Morgan fingerprint density at radius 2 is 2.16 bits per heavy atom. The lowest BCUT2D eigenvalue weighted by atomic mass is 9.97. The maximum absolute atomic E-state index is 12.8. The molecule has 2 unspecified atom stereocenters. The summed E-state index contributed by atoms with van der Waals surface area (Å²) in [4.78, 5) is 19.2. The first kappa shape index (κ1) is 17.5. The molecule has 1 aliphatic heterocycles. The van der Waals surface area contributed by atoms with Gasteiger partial charge in [-0.3, -0.25) is 4.79 Å². The molecule has 0 spiro atoms. The predicted molar refractivity (Wildman–Crippen MR) is 93.9 cm³/mol. The highest BCUT2D eigenvalue weighted by Gasteiger charge is 2.29. The van der Waals surface area contributed by atoms with E-state index in [1.807, 2.05) is 17.0 Å². The molecule has 2 heterocycles. The zero-order valence-electron chi connectivity index (χ0n) is 15.1. The number of rotatable bonds is 5. The van der Waals surface area contributed by atoms with Crippen molar-refractivity contribution >= 4 is 5.91 Å². The molecule has 2 aromatic rings. The van der Waals surface area contributed by atoms with Gasteiger partial charge in [0.2, 0.25) is 5.89 Å². The normalized spacial score (nSPS) is 18.8. The summed E-state index contributed by atoms with van der Waals surface area (Å²) in [6, 6.07) is 7.23. The van der Waals surface area contributed by atoms with E-state index in [9.17, 15) is 4.79 Å². The van der Waals surface area contributed by atoms with Crippen molar-refractivity contribution in [2.75, 3.05) is 20.2 Å². The maximum Gasteiger partial charge on any atom is 0.253 e. The van der Waals surface area contributed by atoms with Crippen molar-refractivity contribution in [2.45, 2.75) is 44.9 Å². The molecule has 134 valence electrons. The van der Waals surface area contributed by atoms with Crippen LogP contribution in [0.5, 0.6) is 5.75 Å². The Morgan fingerprint density at radius 3 is 2.84 bits per heavy atom. The van der Waals surface area contributed by atoms with E-state index < -0.39 is 0 Å². The van der Waals surface area contributed by atoms with Gasteiger partial charge in [0.25, 0.3) is 5.91 Å². The minimum Gasteiger partial charge on any atom is -0.497 e. The fourth-order valence-electron chi connectivity index (χ4n) is 3.08. The summed E-state index contributed by atoms with van der Waals surface area (Å²) in [5.74, 6) is 2.60. The van der Waals surface area contributed by atoms with Crippen molar-refractivity contribution in [3.63, 3.8) is 0 Å². The molecule has 6 heteroatoms. The summed E-state index contributed by atoms with van der Waals surface area (Å²) in [5.41, 5.74) is 0.673. The Balaban J connectivity index is 1.69. The van der Waals surface area contributed by atoms with Crippen LogP contribution >= 0.6 is 0 Å². The number of benzene rings is 1. The molecule has 1 amide bonds. The molecule has 0 radical (unpaired) electrons. The second-order valence-corrected chi connectivity index (χ2v) is 6.62. The van der Waals surface area contributed by atoms with E-state index >= 15 is 0 Å². The first-order valence-corrected chi connectivity index (χ1v) is 8.89. The van der Waals surface area contributed by atoms with Gasteiger partial charge >= 0.3 is 0 Å². The number of piperidine rings is 1. The highest BCUT2D eigenvalue weighted by atomic mass is 16.5. The fraction of sp³-hybridized carbons (Fsp3) is 0.526. The van der Waals surface area contributed by atoms with E-state index in [2.05, 4.69) is 24.0 Å². The fourth-order valence-corrected chi connectivity index (χ4v) is 3.08. The number of amides is 1. The lowest BCUT2D eigenvalue weighted by Crippen LogP contribution is -2.39. The number of methoxy groups -OCH3 is 1. The number of likely N-dealkylation sites (tertiary alicyclic amines) is 1. The van der Waals surface area contributed by atoms with E-state index in [0.29, 0.717) is 18.0 Å². The molecule has 1 aliphatic rings. The Kier molecular flexibility index (Phi) is 5.36. The molecule has 0 saturated carbocycles. The summed E-state index contributed by atoms with van der Waals surface area (Å²) < 4.78 is 10.6. The molecule has 1 aromatic heterocycles. The first-order valence-electron chi connectivity index (χ1n) is 8.89. The van der Waals surface area contributed by atoms with Crippen LogP contribution in [-0.4, -0.2) is 41.1 Å². The second-order valence-electron chi connectivity index (χ2n) is 6.62. The van der Waals surface area contributed by atoms with Gasteiger partial charge in [0, 0.05) is 24.6 Å². The van der Waals surface area contributed by atoms with Gasteiger partial charge < -0.3 is 14.2 Å². The highest BCUT2D eigenvalue weighted by molar-refractivity contribution is 5.94. The summed E-state index contributed by atoms with van der Waals surface area (Å²) >= 11 is 0. The molecule has 1 saturated heterocycles. The molecular weight excluding hydrogens is 318 g/mol. The minimum atomic E-state index is 0.0361. The summed E-state index contributed by atoms with van der Waals surface area (Å²) in [5, 5.41) is 4.11. The van der Waals surface area contributed by atoms with Gasteiger partial charge in [-0.05, 0) is 43.5 Å². The summed E-state index contributed by atoms with van der Waals surface area (Å²) in [6.45, 7) is 5.58. The maximum atomic E-state index is 12.8. The molecular formula is C19H25N3O3. The second kappa shape index (κ2) is 7.68. The molecule has 0 bridgehead atoms. The number of carbonyl (C=O) groups excluding carboxylic acids is 1. The molecule has 2 atom stereocenters. The van der Waals surface area contributed by atoms with E-state index in [4.69, 9.17) is 9.26 Å². The van der Waals surface area contributed by atoms with Crippen molar-refractivity contribution < 1.29 is 14.1 Å². The quantitative estimate of drug-likeness (QED) is 0.829. The number of carbonyl (C=O) groups is 1. The average molecular weight is 343 g/mol. The van der Waals surface area contributed by atoms with Gasteiger partial charge in [0.05, 0.1) is 13.0 Å². The highest BCUT2D eigenvalue weighted by Crippen LogP contribution is 2.28. The van der Waals surface area contributed by atoms with Crippen LogP contribution in [0, 0.1) is 0 Å². The third kappa shape index (κ3) is 3.83. The van der Waals surface area contributed by atoms with Crippen molar-refractivity contribution in [2.24, 2.45) is 0 Å². The largest absolute Gasteiger partial charge is 0.497 e. The van der Waals surface area contributed by atoms with Gasteiger partial charge in [-0.1, -0.05) is 19.0 Å². The molecule has 3 rings (SSSR count). The van der Waals surface area contributed by atoms with E-state index in [-0.39, 0.29) is 17.7 Å². The van der Waals surface area contributed by atoms with Crippen molar-refractivity contribution in [3.8, 4) is 5.75 Å². The van der Waals surface area contributed by atoms with Gasteiger partial charge in [-0.2, -0.15) is 4.98 Å². The van der Waals surface area contributed by atoms with E-state index in [0.717, 1.165) is 37.4 Å². The topological polar surface area (TPSA) is 68.5 Å². The smallest absolute Gasteiger partial charge is 0.253 e. The zero-order valence-corrected chi connectivity index (χ0v) is 15.1. The predicted octanol–water partition coefficient (Wildman–Crippen LogP) is 3.61. The Morgan fingerprint density at radius 1 is 1.40 bits per heavy atom. The molecule has 0 aliphatic carbocycles. The molecule has 25 heavy (non-hydrogen) atoms. The van der Waals surface area contributed by atoms with Crippen LogP contribution < -0.4 is 4.74 Å². The number of aromatic nitrogens is 2. The van der Waals surface area contributed by atoms with Crippen LogP contribution in [0.25, 0.3) is 0 Å². The van der Waals surface area contributed by atoms with Crippen LogP contribution in [-0.2, 0) is 0 Å². The van der Waals surface area contributed by atoms with Crippen LogP contribution in [0.3, 0.4) is 0 Å². The Hall–Kier alpha value is -2.37. The monoisotopic (exact) mass is 343 g/mol. The van der Waals surface area contributed by atoms with Gasteiger partial charge in [0.1, 0.15) is 5.75 Å². The third-order valence-corrected chi connectivity index (χ3v) is 4.91. The summed E-state index contributed by atoms with van der Waals surface area (Å²) in [7, 11) is 1.62. The van der Waals surface area contributed by atoms with Gasteiger partial charge in [0.15, 0.2) is 5.82 Å². The summed E-state index contributed by atoms with van der Waals surface area (Å²) in [6.07, 6.45) is 2.88. The molecule has 0 N–H and O–H groups in total. The molecule has 6 nitrogen and oxygen atoms in total. The van der Waals surface area contributed by atoms with E-state index in [1.54, 1.807) is 19.2 Å². The number of hydrogen-bond donors (Lipinski definition) is 0. The van der Waals surface area contributed by atoms with E-state index in [1.165, 1.54) is 0 Å². The lowest BCUT2D eigenvalue weighted by molar-refractivity contribution is 0.0695. The third-order valence-electron chi connectivity index (χ3n) is 4.91.